The predicted molar refractivity (Wildman–Crippen MR) is 77.4 cm³/mol. The average Bonchev–Trinajstić information content (AvgIpc) is 2.34. The van der Waals surface area contributed by atoms with Gasteiger partial charge in [-0.1, -0.05) is 29.3 Å². The third-order valence-corrected chi connectivity index (χ3v) is 3.56. The van der Waals surface area contributed by atoms with E-state index in [2.05, 4.69) is 28.2 Å². The van der Waals surface area contributed by atoms with Crippen LogP contribution in [0.1, 0.15) is 35.7 Å². The number of amides is 1. The zero-order valence-electron chi connectivity index (χ0n) is 10.9. The molecule has 1 atom stereocenters. The number of phenols is 1. The maximum absolute atomic E-state index is 12.0. The second kappa shape index (κ2) is 7.41. The van der Waals surface area contributed by atoms with Crippen molar-refractivity contribution in [2.24, 2.45) is 5.92 Å². The summed E-state index contributed by atoms with van der Waals surface area (Å²) in [6, 6.07) is 4.80. The van der Waals surface area contributed by atoms with Gasteiger partial charge in [0.2, 0.25) is 0 Å². The molecule has 18 heavy (non-hydrogen) atoms. The fraction of sp³-hybridized carbons (Fsp3) is 0.500. The van der Waals surface area contributed by atoms with Gasteiger partial charge in [-0.25, -0.2) is 0 Å². The van der Waals surface area contributed by atoms with E-state index in [1.165, 1.54) is 6.07 Å². The van der Waals surface area contributed by atoms with E-state index in [-0.39, 0.29) is 11.7 Å². The predicted octanol–water partition coefficient (Wildman–Crippen LogP) is 3.24. The highest BCUT2D eigenvalue weighted by atomic mass is 79.9. The van der Waals surface area contributed by atoms with Crippen LogP contribution in [0.2, 0.25) is 0 Å². The molecule has 0 aliphatic heterocycles. The summed E-state index contributed by atoms with van der Waals surface area (Å²) >= 11 is 3.42. The van der Waals surface area contributed by atoms with Gasteiger partial charge >= 0.3 is 0 Å². The van der Waals surface area contributed by atoms with Gasteiger partial charge < -0.3 is 10.4 Å². The molecule has 0 bridgehead atoms. The van der Waals surface area contributed by atoms with Gasteiger partial charge in [0.25, 0.3) is 5.91 Å². The van der Waals surface area contributed by atoms with Crippen molar-refractivity contribution in [3.63, 3.8) is 0 Å². The minimum Gasteiger partial charge on any atom is -0.508 e. The van der Waals surface area contributed by atoms with Crippen LogP contribution in [0.3, 0.4) is 0 Å². The Kier molecular flexibility index (Phi) is 6.19. The fourth-order valence-electron chi connectivity index (χ4n) is 1.84. The first-order valence-corrected chi connectivity index (χ1v) is 7.34. The lowest BCUT2D eigenvalue weighted by molar-refractivity contribution is 0.0946. The highest BCUT2D eigenvalue weighted by Gasteiger charge is 2.11. The number of carbonyl (C=O) groups is 1. The number of halogens is 1. The van der Waals surface area contributed by atoms with Gasteiger partial charge in [-0.15, -0.1) is 0 Å². The van der Waals surface area contributed by atoms with Gasteiger partial charge in [0.15, 0.2) is 0 Å². The fourth-order valence-corrected chi connectivity index (χ4v) is 2.49. The maximum Gasteiger partial charge on any atom is 0.251 e. The molecule has 0 aliphatic rings. The standard InChI is InChI=1S/C14H20BrNO2/c1-3-11(6-7-15)9-16-14(18)13-5-4-12(17)8-10(13)2/h4-5,8,11,17H,3,6-7,9H2,1-2H3,(H,16,18). The molecule has 2 N–H and O–H groups in total. The van der Waals surface area contributed by atoms with E-state index < -0.39 is 0 Å². The lowest BCUT2D eigenvalue weighted by atomic mass is 10.0. The van der Waals surface area contributed by atoms with E-state index >= 15 is 0 Å². The molecule has 1 aromatic carbocycles. The smallest absolute Gasteiger partial charge is 0.251 e. The molecule has 1 aromatic rings. The van der Waals surface area contributed by atoms with Crippen molar-refractivity contribution in [2.45, 2.75) is 26.7 Å². The van der Waals surface area contributed by atoms with Crippen LogP contribution in [-0.4, -0.2) is 22.9 Å². The first-order chi connectivity index (χ1) is 8.58. The molecule has 0 heterocycles. The minimum absolute atomic E-state index is 0.0690. The summed E-state index contributed by atoms with van der Waals surface area (Å²) in [6.45, 7) is 4.65. The topological polar surface area (TPSA) is 49.3 Å². The zero-order valence-corrected chi connectivity index (χ0v) is 12.5. The Balaban J connectivity index is 2.59. The number of phenolic OH excluding ortho intramolecular Hbond substituents is 1. The van der Waals surface area contributed by atoms with Gasteiger partial charge in [0, 0.05) is 17.4 Å². The van der Waals surface area contributed by atoms with E-state index in [1.807, 2.05) is 6.92 Å². The molecule has 1 rings (SSSR count). The molecular weight excluding hydrogens is 294 g/mol. The summed E-state index contributed by atoms with van der Waals surface area (Å²) in [4.78, 5) is 12.0. The Labute approximate surface area is 117 Å². The SMILES string of the molecule is CCC(CCBr)CNC(=O)c1ccc(O)cc1C. The summed E-state index contributed by atoms with van der Waals surface area (Å²) in [5.74, 6) is 0.626. The second-order valence-electron chi connectivity index (χ2n) is 4.46. The Morgan fingerprint density at radius 2 is 2.22 bits per heavy atom. The van der Waals surface area contributed by atoms with Crippen molar-refractivity contribution in [3.8, 4) is 5.75 Å². The minimum atomic E-state index is -0.0690. The summed E-state index contributed by atoms with van der Waals surface area (Å²) in [7, 11) is 0. The number of alkyl halides is 1. The summed E-state index contributed by atoms with van der Waals surface area (Å²) in [6.07, 6.45) is 2.12. The number of hydrogen-bond donors (Lipinski definition) is 2. The normalized spacial score (nSPS) is 12.2. The summed E-state index contributed by atoms with van der Waals surface area (Å²) < 4.78 is 0. The largest absolute Gasteiger partial charge is 0.508 e. The molecular formula is C14H20BrNO2. The van der Waals surface area contributed by atoms with Crippen LogP contribution in [0, 0.1) is 12.8 Å². The first kappa shape index (κ1) is 15.0. The quantitative estimate of drug-likeness (QED) is 0.792. The molecule has 1 unspecified atom stereocenters. The molecule has 0 spiro atoms. The Morgan fingerprint density at radius 3 is 2.78 bits per heavy atom. The van der Waals surface area contributed by atoms with Crippen LogP contribution in [0.5, 0.6) is 5.75 Å². The van der Waals surface area contributed by atoms with Gasteiger partial charge in [0.05, 0.1) is 0 Å². The van der Waals surface area contributed by atoms with Crippen molar-refractivity contribution < 1.29 is 9.90 Å². The van der Waals surface area contributed by atoms with Crippen molar-refractivity contribution in [3.05, 3.63) is 29.3 Å². The molecule has 100 valence electrons. The molecule has 0 aliphatic carbocycles. The Hall–Kier alpha value is -1.03. The summed E-state index contributed by atoms with van der Waals surface area (Å²) in [5, 5.41) is 13.2. The van der Waals surface area contributed by atoms with E-state index in [0.29, 0.717) is 18.0 Å². The van der Waals surface area contributed by atoms with Crippen molar-refractivity contribution >= 4 is 21.8 Å². The van der Waals surface area contributed by atoms with Crippen molar-refractivity contribution in [1.82, 2.24) is 5.32 Å². The molecule has 3 nitrogen and oxygen atoms in total. The van der Waals surface area contributed by atoms with Gasteiger partial charge in [0.1, 0.15) is 5.75 Å². The number of carbonyl (C=O) groups excluding carboxylic acids is 1. The molecule has 0 aromatic heterocycles. The average molecular weight is 314 g/mol. The van der Waals surface area contributed by atoms with Gasteiger partial charge in [-0.3, -0.25) is 4.79 Å². The molecule has 0 fully saturated rings. The van der Waals surface area contributed by atoms with Crippen LogP contribution in [-0.2, 0) is 0 Å². The van der Waals surface area contributed by atoms with Crippen LogP contribution < -0.4 is 5.32 Å². The molecule has 1 amide bonds. The number of benzene rings is 1. The van der Waals surface area contributed by atoms with E-state index in [9.17, 15) is 9.90 Å². The van der Waals surface area contributed by atoms with Gasteiger partial charge in [-0.05, 0) is 43.0 Å². The summed E-state index contributed by atoms with van der Waals surface area (Å²) in [5.41, 5.74) is 1.42. The van der Waals surface area contributed by atoms with Crippen LogP contribution >= 0.6 is 15.9 Å². The molecule has 4 heteroatoms. The van der Waals surface area contributed by atoms with Crippen LogP contribution in [0.4, 0.5) is 0 Å². The van der Waals surface area contributed by atoms with Gasteiger partial charge in [-0.2, -0.15) is 0 Å². The molecule has 0 saturated heterocycles. The Bertz CT molecular complexity index is 407. The molecule has 0 radical (unpaired) electrons. The third-order valence-electron chi connectivity index (χ3n) is 3.10. The van der Waals surface area contributed by atoms with E-state index in [4.69, 9.17) is 0 Å². The number of aromatic hydroxyl groups is 1. The maximum atomic E-state index is 12.0. The monoisotopic (exact) mass is 313 g/mol. The first-order valence-electron chi connectivity index (χ1n) is 6.22. The van der Waals surface area contributed by atoms with Crippen LogP contribution in [0.25, 0.3) is 0 Å². The highest BCUT2D eigenvalue weighted by molar-refractivity contribution is 9.09. The number of hydrogen-bond acceptors (Lipinski definition) is 2. The second-order valence-corrected chi connectivity index (χ2v) is 5.25. The lowest BCUT2D eigenvalue weighted by Gasteiger charge is -2.15. The molecule has 0 saturated carbocycles. The number of aryl methyl sites for hydroxylation is 1. The Morgan fingerprint density at radius 1 is 1.50 bits per heavy atom. The lowest BCUT2D eigenvalue weighted by Crippen LogP contribution is -2.29. The number of nitrogens with one attached hydrogen (secondary N) is 1. The zero-order chi connectivity index (χ0) is 13.5. The third kappa shape index (κ3) is 4.33. The van der Waals surface area contributed by atoms with E-state index in [0.717, 1.165) is 23.7 Å². The van der Waals surface area contributed by atoms with Crippen molar-refractivity contribution in [2.75, 3.05) is 11.9 Å². The van der Waals surface area contributed by atoms with E-state index in [1.54, 1.807) is 12.1 Å². The number of rotatable bonds is 6. The van der Waals surface area contributed by atoms with Crippen LogP contribution in [0.15, 0.2) is 18.2 Å². The van der Waals surface area contributed by atoms with Crippen molar-refractivity contribution in [1.29, 1.82) is 0 Å². The highest BCUT2D eigenvalue weighted by Crippen LogP contribution is 2.16.